The first kappa shape index (κ1) is 13.3. The van der Waals surface area contributed by atoms with Crippen molar-refractivity contribution in [1.29, 1.82) is 5.26 Å². The average Bonchev–Trinajstić information content (AvgIpc) is 2.55. The molecule has 0 saturated carbocycles. The molecule has 1 aliphatic heterocycles. The molecule has 0 amide bonds. The van der Waals surface area contributed by atoms with E-state index in [2.05, 4.69) is 16.4 Å². The minimum atomic E-state index is 0.597. The highest BCUT2D eigenvalue weighted by atomic mass is 16.6. The summed E-state index contributed by atoms with van der Waals surface area (Å²) in [6.07, 6.45) is 2.47. The van der Waals surface area contributed by atoms with Gasteiger partial charge in [0.15, 0.2) is 11.5 Å². The van der Waals surface area contributed by atoms with Gasteiger partial charge in [0.1, 0.15) is 19.0 Å². The molecule has 0 spiro atoms. The summed E-state index contributed by atoms with van der Waals surface area (Å²) in [5, 5.41) is 12.1. The minimum absolute atomic E-state index is 0.597. The van der Waals surface area contributed by atoms with Gasteiger partial charge in [0.25, 0.3) is 0 Å². The van der Waals surface area contributed by atoms with Crippen LogP contribution in [0.5, 0.6) is 11.5 Å². The Kier molecular flexibility index (Phi) is 3.88. The standard InChI is InChI=1S/C16H15N3O2/c17-11-13-4-6-19-16(10-13)18-5-3-12-1-2-14-15(9-12)21-8-7-20-14/h1-2,4,6,9-10H,3,5,7-8H2,(H,18,19). The van der Waals surface area contributed by atoms with Gasteiger partial charge in [-0.25, -0.2) is 4.98 Å². The van der Waals surface area contributed by atoms with Crippen molar-refractivity contribution in [3.63, 3.8) is 0 Å². The molecule has 2 heterocycles. The van der Waals surface area contributed by atoms with Crippen molar-refractivity contribution in [2.75, 3.05) is 25.1 Å². The molecule has 0 saturated heterocycles. The highest BCUT2D eigenvalue weighted by Crippen LogP contribution is 2.30. The Bertz CT molecular complexity index is 679. The number of nitrogens with one attached hydrogen (secondary N) is 1. The van der Waals surface area contributed by atoms with Gasteiger partial charge >= 0.3 is 0 Å². The average molecular weight is 281 g/mol. The van der Waals surface area contributed by atoms with E-state index in [-0.39, 0.29) is 0 Å². The number of rotatable bonds is 4. The molecule has 0 radical (unpaired) electrons. The molecule has 0 bridgehead atoms. The van der Waals surface area contributed by atoms with Crippen molar-refractivity contribution in [2.24, 2.45) is 0 Å². The van der Waals surface area contributed by atoms with Crippen LogP contribution in [0, 0.1) is 11.3 Å². The lowest BCUT2D eigenvalue weighted by Crippen LogP contribution is -2.15. The Labute approximate surface area is 123 Å². The second-order valence-electron chi connectivity index (χ2n) is 4.70. The summed E-state index contributed by atoms with van der Waals surface area (Å²) < 4.78 is 11.1. The molecular formula is C16H15N3O2. The molecule has 5 heteroatoms. The van der Waals surface area contributed by atoms with E-state index in [9.17, 15) is 0 Å². The van der Waals surface area contributed by atoms with E-state index in [1.165, 1.54) is 5.56 Å². The number of pyridine rings is 1. The zero-order chi connectivity index (χ0) is 14.5. The number of nitriles is 1. The summed E-state index contributed by atoms with van der Waals surface area (Å²) in [4.78, 5) is 4.18. The maximum atomic E-state index is 8.85. The topological polar surface area (TPSA) is 67.2 Å². The number of aromatic nitrogens is 1. The van der Waals surface area contributed by atoms with Gasteiger partial charge in [0.2, 0.25) is 0 Å². The molecule has 1 N–H and O–H groups in total. The smallest absolute Gasteiger partial charge is 0.161 e. The van der Waals surface area contributed by atoms with Crippen molar-refractivity contribution in [2.45, 2.75) is 6.42 Å². The maximum absolute atomic E-state index is 8.85. The van der Waals surface area contributed by atoms with Gasteiger partial charge in [-0.1, -0.05) is 6.07 Å². The predicted molar refractivity (Wildman–Crippen MR) is 78.6 cm³/mol. The normalized spacial score (nSPS) is 12.5. The molecule has 0 aliphatic carbocycles. The van der Waals surface area contributed by atoms with Crippen LogP contribution in [0.4, 0.5) is 5.82 Å². The van der Waals surface area contributed by atoms with Crippen LogP contribution in [0.1, 0.15) is 11.1 Å². The molecule has 1 aromatic carbocycles. The lowest BCUT2D eigenvalue weighted by Gasteiger charge is -2.18. The molecule has 0 fully saturated rings. The van der Waals surface area contributed by atoms with E-state index < -0.39 is 0 Å². The highest BCUT2D eigenvalue weighted by Gasteiger charge is 2.11. The van der Waals surface area contributed by atoms with Gasteiger partial charge in [-0.05, 0) is 36.2 Å². The van der Waals surface area contributed by atoms with E-state index in [0.29, 0.717) is 24.6 Å². The fourth-order valence-electron chi connectivity index (χ4n) is 2.17. The van der Waals surface area contributed by atoms with E-state index in [1.807, 2.05) is 18.2 Å². The maximum Gasteiger partial charge on any atom is 0.161 e. The monoisotopic (exact) mass is 281 g/mol. The number of hydrogen-bond donors (Lipinski definition) is 1. The Hall–Kier alpha value is -2.74. The van der Waals surface area contributed by atoms with Gasteiger partial charge < -0.3 is 14.8 Å². The first-order valence-electron chi connectivity index (χ1n) is 6.84. The molecule has 2 aromatic rings. The SMILES string of the molecule is N#Cc1ccnc(NCCc2ccc3c(c2)OCCO3)c1. The van der Waals surface area contributed by atoms with E-state index >= 15 is 0 Å². The molecular weight excluding hydrogens is 266 g/mol. The van der Waals surface area contributed by atoms with Crippen molar-refractivity contribution in [3.8, 4) is 17.6 Å². The molecule has 0 atom stereocenters. The van der Waals surface area contributed by atoms with Gasteiger partial charge in [-0.2, -0.15) is 5.26 Å². The molecule has 1 aromatic heterocycles. The number of fused-ring (bicyclic) bond motifs is 1. The highest BCUT2D eigenvalue weighted by molar-refractivity contribution is 5.45. The van der Waals surface area contributed by atoms with Crippen LogP contribution in [0.3, 0.4) is 0 Å². The third kappa shape index (κ3) is 3.23. The molecule has 3 rings (SSSR count). The van der Waals surface area contributed by atoms with Crippen LogP contribution in [0.25, 0.3) is 0 Å². The summed E-state index contributed by atoms with van der Waals surface area (Å²) in [7, 11) is 0. The van der Waals surface area contributed by atoms with Crippen molar-refractivity contribution in [1.82, 2.24) is 4.98 Å². The van der Waals surface area contributed by atoms with Gasteiger partial charge in [0, 0.05) is 12.7 Å². The number of nitrogens with zero attached hydrogens (tertiary/aromatic N) is 2. The third-order valence-electron chi connectivity index (χ3n) is 3.22. The third-order valence-corrected chi connectivity index (χ3v) is 3.22. The van der Waals surface area contributed by atoms with Crippen LogP contribution < -0.4 is 14.8 Å². The molecule has 1 aliphatic rings. The van der Waals surface area contributed by atoms with Crippen LogP contribution in [0.2, 0.25) is 0 Å². The van der Waals surface area contributed by atoms with Crippen molar-refractivity contribution in [3.05, 3.63) is 47.7 Å². The van der Waals surface area contributed by atoms with Gasteiger partial charge in [-0.3, -0.25) is 0 Å². The zero-order valence-corrected chi connectivity index (χ0v) is 11.5. The molecule has 106 valence electrons. The van der Waals surface area contributed by atoms with Crippen LogP contribution in [-0.2, 0) is 6.42 Å². The first-order chi connectivity index (χ1) is 10.3. The number of hydrogen-bond acceptors (Lipinski definition) is 5. The Morgan fingerprint density at radius 2 is 2.00 bits per heavy atom. The largest absolute Gasteiger partial charge is 0.486 e. The van der Waals surface area contributed by atoms with E-state index in [0.717, 1.165) is 24.5 Å². The predicted octanol–water partition coefficient (Wildman–Crippen LogP) is 2.38. The fraction of sp³-hybridized carbons (Fsp3) is 0.250. The summed E-state index contributed by atoms with van der Waals surface area (Å²) in [5.74, 6) is 2.33. The van der Waals surface area contributed by atoms with Crippen molar-refractivity contribution < 1.29 is 9.47 Å². The van der Waals surface area contributed by atoms with E-state index in [1.54, 1.807) is 18.3 Å². The fourth-order valence-corrected chi connectivity index (χ4v) is 2.17. The zero-order valence-electron chi connectivity index (χ0n) is 11.5. The Balaban J connectivity index is 1.59. The summed E-state index contributed by atoms with van der Waals surface area (Å²) >= 11 is 0. The second-order valence-corrected chi connectivity index (χ2v) is 4.70. The summed E-state index contributed by atoms with van der Waals surface area (Å²) in [6, 6.07) is 11.5. The summed E-state index contributed by atoms with van der Waals surface area (Å²) in [6.45, 7) is 1.94. The van der Waals surface area contributed by atoms with Gasteiger partial charge in [0.05, 0.1) is 11.6 Å². The lowest BCUT2D eigenvalue weighted by atomic mass is 10.1. The number of anilines is 1. The number of ether oxygens (including phenoxy) is 2. The minimum Gasteiger partial charge on any atom is -0.486 e. The molecule has 5 nitrogen and oxygen atoms in total. The molecule has 0 unspecified atom stereocenters. The number of benzene rings is 1. The van der Waals surface area contributed by atoms with Crippen LogP contribution >= 0.6 is 0 Å². The van der Waals surface area contributed by atoms with Crippen LogP contribution in [-0.4, -0.2) is 24.7 Å². The van der Waals surface area contributed by atoms with E-state index in [4.69, 9.17) is 14.7 Å². The lowest BCUT2D eigenvalue weighted by molar-refractivity contribution is 0.171. The van der Waals surface area contributed by atoms with Crippen molar-refractivity contribution >= 4 is 5.82 Å². The van der Waals surface area contributed by atoms with Gasteiger partial charge in [-0.15, -0.1) is 0 Å². The first-order valence-corrected chi connectivity index (χ1v) is 6.84. The summed E-state index contributed by atoms with van der Waals surface area (Å²) in [5.41, 5.74) is 1.77. The molecule has 21 heavy (non-hydrogen) atoms. The Morgan fingerprint density at radius 3 is 2.86 bits per heavy atom. The van der Waals surface area contributed by atoms with Crippen LogP contribution in [0.15, 0.2) is 36.5 Å². The Morgan fingerprint density at radius 1 is 1.14 bits per heavy atom. The quantitative estimate of drug-likeness (QED) is 0.932. The second kappa shape index (κ2) is 6.14.